The Kier molecular flexibility index (Phi) is 3.55. The molecule has 2 N–H and O–H groups in total. The maximum Gasteiger partial charge on any atom is 0.416 e. The molecule has 0 saturated carbocycles. The predicted molar refractivity (Wildman–Crippen MR) is 64.1 cm³/mol. The highest BCUT2D eigenvalue weighted by Crippen LogP contribution is 2.30. The first-order valence-electron chi connectivity index (χ1n) is 5.36. The Morgan fingerprint density at radius 3 is 2.20 bits per heavy atom. The van der Waals surface area contributed by atoms with Gasteiger partial charge in [0.15, 0.2) is 5.82 Å². The van der Waals surface area contributed by atoms with Crippen LogP contribution < -0.4 is 5.32 Å². The van der Waals surface area contributed by atoms with Gasteiger partial charge in [0, 0.05) is 5.56 Å². The Hall–Kier alpha value is -2.64. The second-order valence-electron chi connectivity index (χ2n) is 3.79. The molecule has 2 rings (SSSR count). The van der Waals surface area contributed by atoms with E-state index >= 15 is 0 Å². The van der Waals surface area contributed by atoms with Gasteiger partial charge in [-0.2, -0.15) is 13.2 Å². The zero-order valence-electron chi connectivity index (χ0n) is 9.85. The summed E-state index contributed by atoms with van der Waals surface area (Å²) in [7, 11) is 0. The van der Waals surface area contributed by atoms with E-state index in [0.717, 1.165) is 12.1 Å². The van der Waals surface area contributed by atoms with Crippen LogP contribution in [0, 0.1) is 0 Å². The number of aromatic nitrogens is 2. The summed E-state index contributed by atoms with van der Waals surface area (Å²) in [6, 6.07) is 4.44. The van der Waals surface area contributed by atoms with Crippen LogP contribution in [0.25, 0.3) is 11.3 Å². The highest BCUT2D eigenvalue weighted by atomic mass is 19.4. The molecule has 0 saturated heterocycles. The number of amides is 1. The number of carboxylic acid groups (broad SMARTS) is 1. The van der Waals surface area contributed by atoms with Crippen molar-refractivity contribution in [3.05, 3.63) is 42.2 Å². The van der Waals surface area contributed by atoms with Gasteiger partial charge in [-0.3, -0.25) is 10.3 Å². The molecule has 5 nitrogen and oxygen atoms in total. The quantitative estimate of drug-likeness (QED) is 0.887. The van der Waals surface area contributed by atoms with Gasteiger partial charge in [0.2, 0.25) is 0 Å². The summed E-state index contributed by atoms with van der Waals surface area (Å²) in [6.45, 7) is 0. The Labute approximate surface area is 111 Å². The molecule has 0 atom stereocenters. The SMILES string of the molecule is O=C(O)Nc1cnc(-c2ccc(C(F)(F)F)cc2)cn1. The minimum absolute atomic E-state index is 0.0353. The molecule has 20 heavy (non-hydrogen) atoms. The number of nitrogens with zero attached hydrogens (tertiary/aromatic N) is 2. The number of halogens is 3. The molecule has 1 aromatic carbocycles. The molecule has 104 valence electrons. The van der Waals surface area contributed by atoms with E-state index in [2.05, 4.69) is 9.97 Å². The van der Waals surface area contributed by atoms with E-state index in [0.29, 0.717) is 11.3 Å². The Morgan fingerprint density at radius 1 is 1.10 bits per heavy atom. The minimum Gasteiger partial charge on any atom is -0.465 e. The van der Waals surface area contributed by atoms with Gasteiger partial charge in [-0.05, 0) is 12.1 Å². The highest BCUT2D eigenvalue weighted by molar-refractivity contribution is 5.81. The summed E-state index contributed by atoms with van der Waals surface area (Å²) in [5.74, 6) is 0.0353. The summed E-state index contributed by atoms with van der Waals surface area (Å²) >= 11 is 0. The number of hydrogen-bond donors (Lipinski definition) is 2. The number of anilines is 1. The van der Waals surface area contributed by atoms with Crippen LogP contribution in [0.15, 0.2) is 36.7 Å². The van der Waals surface area contributed by atoms with Crippen LogP contribution in [-0.2, 0) is 6.18 Å². The molecule has 0 unspecified atom stereocenters. The van der Waals surface area contributed by atoms with Crippen molar-refractivity contribution < 1.29 is 23.1 Å². The van der Waals surface area contributed by atoms with Crippen molar-refractivity contribution in [1.82, 2.24) is 9.97 Å². The van der Waals surface area contributed by atoms with E-state index < -0.39 is 17.8 Å². The molecule has 1 amide bonds. The molecule has 1 heterocycles. The molecule has 0 spiro atoms. The average Bonchev–Trinajstić information content (AvgIpc) is 2.38. The fraction of sp³-hybridized carbons (Fsp3) is 0.0833. The lowest BCUT2D eigenvalue weighted by molar-refractivity contribution is -0.137. The molecule has 0 aliphatic carbocycles. The number of benzene rings is 1. The van der Waals surface area contributed by atoms with Gasteiger partial charge in [-0.1, -0.05) is 12.1 Å². The first kappa shape index (κ1) is 13.8. The molecule has 1 aromatic heterocycles. The molecular weight excluding hydrogens is 275 g/mol. The van der Waals surface area contributed by atoms with E-state index in [1.165, 1.54) is 24.5 Å². The maximum absolute atomic E-state index is 12.4. The highest BCUT2D eigenvalue weighted by Gasteiger charge is 2.29. The largest absolute Gasteiger partial charge is 0.465 e. The normalized spacial score (nSPS) is 11.2. The van der Waals surface area contributed by atoms with Gasteiger partial charge >= 0.3 is 12.3 Å². The summed E-state index contributed by atoms with van der Waals surface area (Å²) in [5.41, 5.74) is 0.0420. The van der Waals surface area contributed by atoms with Gasteiger partial charge in [0.1, 0.15) is 0 Å². The minimum atomic E-state index is -4.39. The second kappa shape index (κ2) is 5.16. The van der Waals surface area contributed by atoms with Gasteiger partial charge in [0.25, 0.3) is 0 Å². The van der Waals surface area contributed by atoms with Gasteiger partial charge in [-0.15, -0.1) is 0 Å². The zero-order chi connectivity index (χ0) is 14.8. The molecule has 0 aliphatic heterocycles. The summed E-state index contributed by atoms with van der Waals surface area (Å²) in [6.07, 6.45) is -3.21. The summed E-state index contributed by atoms with van der Waals surface area (Å²) in [4.78, 5) is 18.1. The van der Waals surface area contributed by atoms with Gasteiger partial charge in [-0.25, -0.2) is 9.78 Å². The van der Waals surface area contributed by atoms with Crippen LogP contribution in [0.4, 0.5) is 23.8 Å². The molecule has 0 radical (unpaired) electrons. The van der Waals surface area contributed by atoms with Gasteiger partial charge in [0.05, 0.1) is 23.7 Å². The van der Waals surface area contributed by atoms with Crippen molar-refractivity contribution in [2.45, 2.75) is 6.18 Å². The molecule has 8 heteroatoms. The van der Waals surface area contributed by atoms with Crippen molar-refractivity contribution >= 4 is 11.9 Å². The van der Waals surface area contributed by atoms with Crippen molar-refractivity contribution in [3.8, 4) is 11.3 Å². The van der Waals surface area contributed by atoms with Crippen LogP contribution in [0.3, 0.4) is 0 Å². The lowest BCUT2D eigenvalue weighted by atomic mass is 10.1. The molecule has 2 aromatic rings. The zero-order valence-corrected chi connectivity index (χ0v) is 9.85. The monoisotopic (exact) mass is 283 g/mol. The van der Waals surface area contributed by atoms with E-state index in [4.69, 9.17) is 5.11 Å². The smallest absolute Gasteiger partial charge is 0.416 e. The third kappa shape index (κ3) is 3.22. The lowest BCUT2D eigenvalue weighted by Crippen LogP contribution is -2.09. The summed E-state index contributed by atoms with van der Waals surface area (Å²) in [5, 5.41) is 10.5. The van der Waals surface area contributed by atoms with Crippen molar-refractivity contribution in [3.63, 3.8) is 0 Å². The maximum atomic E-state index is 12.4. The predicted octanol–water partition coefficient (Wildman–Crippen LogP) is 3.25. The number of rotatable bonds is 2. The number of carbonyl (C=O) groups is 1. The van der Waals surface area contributed by atoms with Crippen LogP contribution in [0.1, 0.15) is 5.56 Å². The van der Waals surface area contributed by atoms with Crippen LogP contribution in [0.2, 0.25) is 0 Å². The van der Waals surface area contributed by atoms with E-state index in [1.54, 1.807) is 0 Å². The topological polar surface area (TPSA) is 75.1 Å². The average molecular weight is 283 g/mol. The van der Waals surface area contributed by atoms with E-state index in [-0.39, 0.29) is 5.82 Å². The Bertz CT molecular complexity index is 609. The molecule has 0 aliphatic rings. The van der Waals surface area contributed by atoms with E-state index in [1.807, 2.05) is 5.32 Å². The van der Waals surface area contributed by atoms with Crippen LogP contribution in [0.5, 0.6) is 0 Å². The van der Waals surface area contributed by atoms with Gasteiger partial charge < -0.3 is 5.11 Å². The van der Waals surface area contributed by atoms with Crippen molar-refractivity contribution in [2.75, 3.05) is 5.32 Å². The Balaban J connectivity index is 2.21. The number of hydrogen-bond acceptors (Lipinski definition) is 3. The lowest BCUT2D eigenvalue weighted by Gasteiger charge is -2.07. The standard InChI is InChI=1S/C12H8F3N3O2/c13-12(14,15)8-3-1-7(2-4-8)9-5-17-10(6-16-9)18-11(19)20/h1-6H,(H,17,18)(H,19,20). The van der Waals surface area contributed by atoms with E-state index in [9.17, 15) is 18.0 Å². The van der Waals surface area contributed by atoms with Crippen LogP contribution >= 0.6 is 0 Å². The first-order valence-corrected chi connectivity index (χ1v) is 5.36. The molecule has 0 fully saturated rings. The fourth-order valence-corrected chi connectivity index (χ4v) is 1.48. The summed E-state index contributed by atoms with van der Waals surface area (Å²) < 4.78 is 37.2. The Morgan fingerprint density at radius 2 is 1.75 bits per heavy atom. The first-order chi connectivity index (χ1) is 9.36. The third-order valence-electron chi connectivity index (χ3n) is 2.39. The fourth-order valence-electron chi connectivity index (χ4n) is 1.48. The molecule has 0 bridgehead atoms. The third-order valence-corrected chi connectivity index (χ3v) is 2.39. The molecular formula is C12H8F3N3O2. The van der Waals surface area contributed by atoms with Crippen molar-refractivity contribution in [1.29, 1.82) is 0 Å². The number of alkyl halides is 3. The number of nitrogens with one attached hydrogen (secondary N) is 1. The van der Waals surface area contributed by atoms with Crippen molar-refractivity contribution in [2.24, 2.45) is 0 Å². The van der Waals surface area contributed by atoms with Crippen LogP contribution in [-0.4, -0.2) is 21.2 Å². The second-order valence-corrected chi connectivity index (χ2v) is 3.79.